The summed E-state index contributed by atoms with van der Waals surface area (Å²) in [6.45, 7) is 4.60. The first kappa shape index (κ1) is 22.7. The van der Waals surface area contributed by atoms with Gasteiger partial charge in [-0.25, -0.2) is 0 Å². The van der Waals surface area contributed by atoms with E-state index in [0.717, 1.165) is 11.8 Å². The van der Waals surface area contributed by atoms with Gasteiger partial charge in [-0.2, -0.15) is 0 Å². The second-order valence-electron chi connectivity index (χ2n) is 5.12. The fraction of sp³-hybridized carbons (Fsp3) is 0.875. The Morgan fingerprint density at radius 2 is 0.882 bits per heavy atom. The van der Waals surface area contributed by atoms with E-state index >= 15 is 0 Å². The Balaban J connectivity index is -0.000000196. The minimum Gasteiger partial charge on any atom is -0.358 e. The molecule has 0 spiro atoms. The molecule has 0 unspecified atom stereocenters. The van der Waals surface area contributed by atoms with Gasteiger partial charge < -0.3 is 14.9 Å². The van der Waals surface area contributed by atoms with E-state index < -0.39 is 0 Å². The van der Waals surface area contributed by atoms with Gasteiger partial charge in [-0.3, -0.25) is 0 Å². The fourth-order valence-corrected chi connectivity index (χ4v) is 2.84. The maximum Gasteiger partial charge on any atom is 2.00 e. The summed E-state index contributed by atoms with van der Waals surface area (Å²) in [4.78, 5) is 0. The van der Waals surface area contributed by atoms with E-state index in [-0.39, 0.29) is 31.9 Å². The van der Waals surface area contributed by atoms with Crippen LogP contribution in [0.2, 0.25) is 0 Å². The second kappa shape index (κ2) is 14.6. The second-order valence-corrected chi connectivity index (χ2v) is 5.12. The van der Waals surface area contributed by atoms with Gasteiger partial charge in [-0.1, -0.05) is 78.1 Å². The van der Waals surface area contributed by atoms with Gasteiger partial charge in [0.05, 0.1) is 0 Å². The van der Waals surface area contributed by atoms with Crippen LogP contribution in [0.3, 0.4) is 0 Å². The van der Waals surface area contributed by atoms with Crippen molar-refractivity contribution in [2.24, 2.45) is 11.8 Å². The van der Waals surface area contributed by atoms with Crippen molar-refractivity contribution >= 4 is 0 Å². The zero-order chi connectivity index (χ0) is 10.2. The maximum atomic E-state index is 2.30. The first-order valence-corrected chi connectivity index (χ1v) is 6.86. The Morgan fingerprint density at radius 3 is 1.00 bits per heavy atom. The molecule has 1 radical (unpaired) electrons. The predicted octanol–water partition coefficient (Wildman–Crippen LogP) is 6.07. The predicted molar refractivity (Wildman–Crippen MR) is 77.3 cm³/mol. The molecule has 1 heteroatoms. The third-order valence-electron chi connectivity index (χ3n) is 4.10. The quantitative estimate of drug-likeness (QED) is 0.425. The van der Waals surface area contributed by atoms with Crippen LogP contribution in [0.5, 0.6) is 0 Å². The van der Waals surface area contributed by atoms with Gasteiger partial charge in [0.2, 0.25) is 0 Å². The van der Waals surface area contributed by atoms with Crippen LogP contribution in [0.4, 0.5) is 0 Å². The van der Waals surface area contributed by atoms with Crippen molar-refractivity contribution in [1.29, 1.82) is 0 Å². The van der Waals surface area contributed by atoms with Crippen molar-refractivity contribution in [3.05, 3.63) is 14.9 Å². The van der Waals surface area contributed by atoms with E-state index in [1.807, 2.05) is 0 Å². The molecule has 2 saturated carbocycles. The average molecular weight is 281 g/mol. The summed E-state index contributed by atoms with van der Waals surface area (Å²) in [6.07, 6.45) is 14.9. The van der Waals surface area contributed by atoms with E-state index in [9.17, 15) is 0 Å². The van der Waals surface area contributed by atoms with Crippen molar-refractivity contribution < 1.29 is 17.1 Å². The third kappa shape index (κ3) is 10.2. The minimum absolute atomic E-state index is 0. The van der Waals surface area contributed by atoms with Gasteiger partial charge in [0, 0.05) is 0 Å². The molecule has 105 valence electrons. The van der Waals surface area contributed by atoms with Gasteiger partial charge in [0.15, 0.2) is 0 Å². The summed E-state index contributed by atoms with van der Waals surface area (Å²) < 4.78 is 0. The molecule has 0 bridgehead atoms. The molecule has 0 nitrogen and oxygen atoms in total. The van der Waals surface area contributed by atoms with Crippen LogP contribution in [0.15, 0.2) is 0 Å². The molecule has 2 aliphatic carbocycles. The van der Waals surface area contributed by atoms with Crippen molar-refractivity contribution in [1.82, 2.24) is 0 Å². The standard InChI is InChI=1S/2C7H14.2CH3.Mn/c2*1-2-7-5-3-4-6-7;;;/h2*7H,2-6H2,1H3;2*1H3;/q;;2*-1;+2. The molecule has 0 heterocycles. The summed E-state index contributed by atoms with van der Waals surface area (Å²) in [7, 11) is 0. The molecule has 0 aromatic rings. The number of hydrogen-bond acceptors (Lipinski definition) is 0. The van der Waals surface area contributed by atoms with Crippen LogP contribution in [-0.2, 0) is 17.1 Å². The Morgan fingerprint density at radius 1 is 0.647 bits per heavy atom. The normalized spacial score (nSPS) is 19.4. The number of rotatable bonds is 2. The molecule has 0 amide bonds. The van der Waals surface area contributed by atoms with Crippen LogP contribution in [-0.4, -0.2) is 0 Å². The van der Waals surface area contributed by atoms with E-state index in [0.29, 0.717) is 0 Å². The molecule has 2 fully saturated rings. The minimum atomic E-state index is 0. The first-order chi connectivity index (χ1) is 6.86. The summed E-state index contributed by atoms with van der Waals surface area (Å²) in [6, 6.07) is 0. The van der Waals surface area contributed by atoms with Crippen molar-refractivity contribution in [3.63, 3.8) is 0 Å². The molecule has 2 aliphatic rings. The Kier molecular flexibility index (Phi) is 19.5. The zero-order valence-electron chi connectivity index (χ0n) is 12.6. The smallest absolute Gasteiger partial charge is 0.358 e. The van der Waals surface area contributed by atoms with Gasteiger partial charge in [-0.05, 0) is 11.8 Å². The van der Waals surface area contributed by atoms with Gasteiger partial charge >= 0.3 is 17.1 Å². The first-order valence-electron chi connectivity index (χ1n) is 6.86. The van der Waals surface area contributed by atoms with Crippen molar-refractivity contribution in [2.75, 3.05) is 0 Å². The van der Waals surface area contributed by atoms with Crippen LogP contribution >= 0.6 is 0 Å². The molecule has 17 heavy (non-hydrogen) atoms. The van der Waals surface area contributed by atoms with E-state index in [1.54, 1.807) is 0 Å². The molecule has 0 aromatic heterocycles. The number of hydrogen-bond donors (Lipinski definition) is 0. The SMILES string of the molecule is CCC1CCCC1.CCC1CCCC1.[CH3-].[CH3-].[Mn+2]. The summed E-state index contributed by atoms with van der Waals surface area (Å²) in [5, 5.41) is 0. The maximum absolute atomic E-state index is 2.30. The van der Waals surface area contributed by atoms with Crippen molar-refractivity contribution in [2.45, 2.75) is 78.1 Å². The molecule has 0 aromatic carbocycles. The third-order valence-corrected chi connectivity index (χ3v) is 4.10. The average Bonchev–Trinajstić information content (AvgIpc) is 2.92. The van der Waals surface area contributed by atoms with Gasteiger partial charge in [0.1, 0.15) is 0 Å². The largest absolute Gasteiger partial charge is 2.00 e. The van der Waals surface area contributed by atoms with Gasteiger partial charge in [-0.15, -0.1) is 0 Å². The molecular formula is C16H34Mn. The topological polar surface area (TPSA) is 0 Å². The van der Waals surface area contributed by atoms with Gasteiger partial charge in [0.25, 0.3) is 0 Å². The Hall–Kier alpha value is 0.519. The summed E-state index contributed by atoms with van der Waals surface area (Å²) in [5.74, 6) is 2.19. The molecule has 0 N–H and O–H groups in total. The monoisotopic (exact) mass is 281 g/mol. The molecule has 2 rings (SSSR count). The van der Waals surface area contributed by atoms with E-state index in [4.69, 9.17) is 0 Å². The van der Waals surface area contributed by atoms with Crippen molar-refractivity contribution in [3.8, 4) is 0 Å². The van der Waals surface area contributed by atoms with E-state index in [1.165, 1.54) is 64.2 Å². The van der Waals surface area contributed by atoms with Crippen LogP contribution in [0.25, 0.3) is 0 Å². The fourth-order valence-electron chi connectivity index (χ4n) is 2.84. The summed E-state index contributed by atoms with van der Waals surface area (Å²) in [5.41, 5.74) is 0. The molecule has 0 saturated heterocycles. The Bertz CT molecular complexity index is 105. The Labute approximate surface area is 122 Å². The molecular weight excluding hydrogens is 247 g/mol. The molecule has 0 aliphatic heterocycles. The zero-order valence-corrected chi connectivity index (χ0v) is 13.8. The van der Waals surface area contributed by atoms with Crippen LogP contribution in [0, 0.1) is 26.7 Å². The van der Waals surface area contributed by atoms with Crippen LogP contribution < -0.4 is 0 Å². The van der Waals surface area contributed by atoms with Crippen LogP contribution in [0.1, 0.15) is 78.1 Å². The van der Waals surface area contributed by atoms with E-state index in [2.05, 4.69) is 13.8 Å². The summed E-state index contributed by atoms with van der Waals surface area (Å²) >= 11 is 0. The molecule has 0 atom stereocenters.